The second kappa shape index (κ2) is 6.57. The van der Waals surface area contributed by atoms with Gasteiger partial charge in [0.15, 0.2) is 12.1 Å². The molecule has 24 heavy (non-hydrogen) atoms. The van der Waals surface area contributed by atoms with Crippen LogP contribution in [0.1, 0.15) is 42.6 Å². The van der Waals surface area contributed by atoms with Crippen LogP contribution in [0.2, 0.25) is 0 Å². The Morgan fingerprint density at radius 2 is 2.25 bits per heavy atom. The van der Waals surface area contributed by atoms with Crippen molar-refractivity contribution >= 4 is 0 Å². The molecule has 2 aliphatic rings. The SMILES string of the molecule is CN1CCc2c(nc(CF)nc2-c2ccnn2C2CCCCO2)C1. The third-order valence-corrected chi connectivity index (χ3v) is 4.76. The van der Waals surface area contributed by atoms with Crippen LogP contribution in [-0.4, -0.2) is 44.8 Å². The van der Waals surface area contributed by atoms with Crippen LogP contribution in [0.4, 0.5) is 4.39 Å². The number of fused-ring (bicyclic) bond motifs is 1. The maximum atomic E-state index is 13.3. The second-order valence-corrected chi connectivity index (χ2v) is 6.52. The Hall–Kier alpha value is -1.86. The van der Waals surface area contributed by atoms with Crippen molar-refractivity contribution in [3.63, 3.8) is 0 Å². The van der Waals surface area contributed by atoms with Gasteiger partial charge in [-0.3, -0.25) is 0 Å². The van der Waals surface area contributed by atoms with Crippen LogP contribution < -0.4 is 0 Å². The van der Waals surface area contributed by atoms with Crippen molar-refractivity contribution in [1.29, 1.82) is 0 Å². The van der Waals surface area contributed by atoms with Gasteiger partial charge in [0, 0.05) is 31.5 Å². The number of aromatic nitrogens is 4. The average Bonchev–Trinajstić information content (AvgIpc) is 3.10. The van der Waals surface area contributed by atoms with Gasteiger partial charge in [-0.2, -0.15) is 5.10 Å². The van der Waals surface area contributed by atoms with Crippen molar-refractivity contribution in [1.82, 2.24) is 24.6 Å². The molecule has 128 valence electrons. The first kappa shape index (κ1) is 15.7. The Morgan fingerprint density at radius 3 is 3.04 bits per heavy atom. The maximum Gasteiger partial charge on any atom is 0.160 e. The number of halogens is 1. The molecule has 1 saturated heterocycles. The minimum Gasteiger partial charge on any atom is -0.356 e. The fourth-order valence-electron chi connectivity index (χ4n) is 3.53. The van der Waals surface area contributed by atoms with E-state index in [1.54, 1.807) is 6.20 Å². The highest BCUT2D eigenvalue weighted by Crippen LogP contribution is 2.31. The van der Waals surface area contributed by atoms with Gasteiger partial charge in [0.1, 0.15) is 6.67 Å². The van der Waals surface area contributed by atoms with Crippen molar-refractivity contribution < 1.29 is 9.13 Å². The first-order valence-electron chi connectivity index (χ1n) is 8.55. The summed E-state index contributed by atoms with van der Waals surface area (Å²) < 4.78 is 21.1. The molecule has 0 aliphatic carbocycles. The van der Waals surface area contributed by atoms with Gasteiger partial charge in [-0.15, -0.1) is 0 Å². The summed E-state index contributed by atoms with van der Waals surface area (Å²) in [5, 5.41) is 4.46. The lowest BCUT2D eigenvalue weighted by atomic mass is 10.0. The molecular formula is C17H22FN5O. The van der Waals surface area contributed by atoms with Gasteiger partial charge in [-0.1, -0.05) is 0 Å². The molecule has 7 heteroatoms. The lowest BCUT2D eigenvalue weighted by Crippen LogP contribution is -2.29. The minimum atomic E-state index is -0.655. The topological polar surface area (TPSA) is 56.1 Å². The van der Waals surface area contributed by atoms with E-state index in [0.29, 0.717) is 0 Å². The van der Waals surface area contributed by atoms with Gasteiger partial charge in [-0.05, 0) is 38.8 Å². The van der Waals surface area contributed by atoms with Gasteiger partial charge >= 0.3 is 0 Å². The van der Waals surface area contributed by atoms with Gasteiger partial charge in [0.2, 0.25) is 0 Å². The van der Waals surface area contributed by atoms with Crippen molar-refractivity contribution in [2.75, 3.05) is 20.2 Å². The molecule has 0 aromatic carbocycles. The minimum absolute atomic E-state index is 0.0607. The van der Waals surface area contributed by atoms with E-state index in [1.165, 1.54) is 0 Å². The maximum absolute atomic E-state index is 13.3. The Kier molecular flexibility index (Phi) is 4.28. The molecule has 0 bridgehead atoms. The Bertz CT molecular complexity index is 726. The quantitative estimate of drug-likeness (QED) is 0.865. The van der Waals surface area contributed by atoms with Crippen LogP contribution in [0.5, 0.6) is 0 Å². The molecule has 0 spiro atoms. The Labute approximate surface area is 140 Å². The van der Waals surface area contributed by atoms with E-state index < -0.39 is 6.67 Å². The number of rotatable bonds is 3. The zero-order chi connectivity index (χ0) is 16.5. The zero-order valence-electron chi connectivity index (χ0n) is 13.9. The molecule has 4 rings (SSSR count). The van der Waals surface area contributed by atoms with Gasteiger partial charge in [0.05, 0.1) is 17.1 Å². The van der Waals surface area contributed by atoms with Gasteiger partial charge in [0.25, 0.3) is 0 Å². The predicted octanol–water partition coefficient (Wildman–Crippen LogP) is 2.50. The van der Waals surface area contributed by atoms with E-state index >= 15 is 0 Å². The molecule has 2 aromatic rings. The highest BCUT2D eigenvalue weighted by atomic mass is 19.1. The van der Waals surface area contributed by atoms with Crippen LogP contribution in [0.3, 0.4) is 0 Å². The van der Waals surface area contributed by atoms with E-state index in [0.717, 1.165) is 68.0 Å². The summed E-state index contributed by atoms with van der Waals surface area (Å²) in [7, 11) is 2.06. The van der Waals surface area contributed by atoms with Crippen LogP contribution >= 0.6 is 0 Å². The molecule has 1 atom stereocenters. The van der Waals surface area contributed by atoms with Gasteiger partial charge < -0.3 is 9.64 Å². The number of hydrogen-bond acceptors (Lipinski definition) is 5. The Balaban J connectivity index is 1.79. The molecule has 2 aliphatic heterocycles. The molecule has 0 amide bonds. The van der Waals surface area contributed by atoms with Crippen LogP contribution in [-0.2, 0) is 24.4 Å². The molecule has 1 unspecified atom stereocenters. The summed E-state index contributed by atoms with van der Waals surface area (Å²) in [5.41, 5.74) is 3.76. The van der Waals surface area contributed by atoms with Crippen LogP contribution in [0.25, 0.3) is 11.4 Å². The fraction of sp³-hybridized carbons (Fsp3) is 0.588. The molecule has 1 fully saturated rings. The standard InChI is InChI=1S/C17H22FN5O/c1-22-8-6-12-13(11-22)20-15(10-18)21-17(12)14-5-7-19-23(14)16-4-2-3-9-24-16/h5,7,16H,2-4,6,8-11H2,1H3. The smallest absolute Gasteiger partial charge is 0.160 e. The average molecular weight is 331 g/mol. The van der Waals surface area contributed by atoms with E-state index in [4.69, 9.17) is 4.74 Å². The first-order valence-corrected chi connectivity index (χ1v) is 8.55. The molecule has 6 nitrogen and oxygen atoms in total. The number of hydrogen-bond donors (Lipinski definition) is 0. The normalized spacial score (nSPS) is 21.7. The Morgan fingerprint density at radius 1 is 1.33 bits per heavy atom. The molecule has 0 saturated carbocycles. The number of likely N-dealkylation sites (N-methyl/N-ethyl adjacent to an activating group) is 1. The van der Waals surface area contributed by atoms with Crippen LogP contribution in [0, 0.1) is 0 Å². The van der Waals surface area contributed by atoms with Gasteiger partial charge in [-0.25, -0.2) is 19.0 Å². The van der Waals surface area contributed by atoms with Crippen molar-refractivity contribution in [2.24, 2.45) is 0 Å². The predicted molar refractivity (Wildman–Crippen MR) is 86.9 cm³/mol. The second-order valence-electron chi connectivity index (χ2n) is 6.52. The lowest BCUT2D eigenvalue weighted by Gasteiger charge is -2.27. The largest absolute Gasteiger partial charge is 0.356 e. The highest BCUT2D eigenvalue weighted by Gasteiger charge is 2.26. The summed E-state index contributed by atoms with van der Waals surface area (Å²) >= 11 is 0. The molecule has 0 N–H and O–H groups in total. The summed E-state index contributed by atoms with van der Waals surface area (Å²) in [4.78, 5) is 11.1. The third-order valence-electron chi connectivity index (χ3n) is 4.76. The zero-order valence-corrected chi connectivity index (χ0v) is 13.9. The van der Waals surface area contributed by atoms with E-state index in [1.807, 2.05) is 10.7 Å². The van der Waals surface area contributed by atoms with E-state index in [2.05, 4.69) is 27.0 Å². The lowest BCUT2D eigenvalue weighted by molar-refractivity contribution is -0.0384. The monoisotopic (exact) mass is 331 g/mol. The third kappa shape index (κ3) is 2.82. The molecular weight excluding hydrogens is 309 g/mol. The van der Waals surface area contributed by atoms with Crippen molar-refractivity contribution in [3.05, 3.63) is 29.3 Å². The summed E-state index contributed by atoms with van der Waals surface area (Å²) in [6.07, 6.45) is 5.74. The van der Waals surface area contributed by atoms with Crippen molar-refractivity contribution in [3.8, 4) is 11.4 Å². The van der Waals surface area contributed by atoms with Crippen molar-refractivity contribution in [2.45, 2.75) is 45.1 Å². The number of ether oxygens (including phenoxy) is 1. The fourth-order valence-corrected chi connectivity index (χ4v) is 3.53. The summed E-state index contributed by atoms with van der Waals surface area (Å²) in [6.45, 7) is 1.78. The number of alkyl halides is 1. The van der Waals surface area contributed by atoms with E-state index in [-0.39, 0.29) is 12.1 Å². The molecule has 2 aromatic heterocycles. The molecule has 0 radical (unpaired) electrons. The van der Waals surface area contributed by atoms with Crippen LogP contribution in [0.15, 0.2) is 12.3 Å². The first-order chi connectivity index (χ1) is 11.8. The highest BCUT2D eigenvalue weighted by molar-refractivity contribution is 5.61. The summed E-state index contributed by atoms with van der Waals surface area (Å²) in [6, 6.07) is 1.95. The van der Waals surface area contributed by atoms with E-state index in [9.17, 15) is 4.39 Å². The summed E-state index contributed by atoms with van der Waals surface area (Å²) in [5.74, 6) is 0.247. The molecule has 4 heterocycles. The number of nitrogens with zero attached hydrogens (tertiary/aromatic N) is 5.